The molecule has 3 aromatic rings. The van der Waals surface area contributed by atoms with Crippen molar-refractivity contribution >= 4 is 44.9 Å². The largest absolute Gasteiger partial charge is 0.368 e. The number of carbonyl (C=O) groups excluding carboxylic acids is 1. The molecule has 0 spiro atoms. The fraction of sp³-hybridized carbons (Fsp3) is 0.261. The fourth-order valence-electron chi connectivity index (χ4n) is 3.48. The molecule has 0 saturated heterocycles. The van der Waals surface area contributed by atoms with Crippen LogP contribution in [0.5, 0.6) is 0 Å². The summed E-state index contributed by atoms with van der Waals surface area (Å²) >= 11 is 9.88. The number of nitrogens with zero attached hydrogens (tertiary/aromatic N) is 3. The van der Waals surface area contributed by atoms with Gasteiger partial charge in [0.05, 0.1) is 16.4 Å². The molecule has 8 heteroatoms. The van der Waals surface area contributed by atoms with E-state index in [9.17, 15) is 4.79 Å². The van der Waals surface area contributed by atoms with Gasteiger partial charge in [-0.3, -0.25) is 4.79 Å². The summed E-state index contributed by atoms with van der Waals surface area (Å²) in [6, 6.07) is 9.52. The number of hydrogen-bond donors (Lipinski definition) is 2. The van der Waals surface area contributed by atoms with Crippen LogP contribution in [0.4, 0.5) is 5.82 Å². The smallest absolute Gasteiger partial charge is 0.220 e. The zero-order chi connectivity index (χ0) is 21.6. The molecule has 160 valence electrons. The van der Waals surface area contributed by atoms with Crippen LogP contribution in [0.1, 0.15) is 25.7 Å². The highest BCUT2D eigenvalue weighted by atomic mass is 79.9. The van der Waals surface area contributed by atoms with E-state index >= 15 is 0 Å². The first-order valence-corrected chi connectivity index (χ1v) is 11.4. The number of anilines is 1. The number of aromatic nitrogens is 3. The molecule has 4 rings (SSSR count). The Labute approximate surface area is 194 Å². The summed E-state index contributed by atoms with van der Waals surface area (Å²) in [4.78, 5) is 16.9. The molecule has 1 amide bonds. The van der Waals surface area contributed by atoms with Crippen LogP contribution in [-0.2, 0) is 4.79 Å². The maximum Gasteiger partial charge on any atom is 0.220 e. The van der Waals surface area contributed by atoms with Gasteiger partial charge < -0.3 is 10.6 Å². The van der Waals surface area contributed by atoms with Crippen LogP contribution in [0.3, 0.4) is 0 Å². The normalized spacial score (nSPS) is 13.3. The van der Waals surface area contributed by atoms with Gasteiger partial charge in [-0.1, -0.05) is 53.6 Å². The molecule has 2 aromatic heterocycles. The number of carbonyl (C=O) groups is 1. The number of halogens is 2. The van der Waals surface area contributed by atoms with Gasteiger partial charge in [0.15, 0.2) is 5.65 Å². The van der Waals surface area contributed by atoms with E-state index in [1.165, 1.54) is 5.57 Å². The summed E-state index contributed by atoms with van der Waals surface area (Å²) < 4.78 is 2.53. The molecule has 0 aliphatic heterocycles. The van der Waals surface area contributed by atoms with E-state index in [-0.39, 0.29) is 5.91 Å². The Kier molecular flexibility index (Phi) is 7.04. The number of allylic oxidation sites excluding steroid dienone is 4. The van der Waals surface area contributed by atoms with Gasteiger partial charge in [-0.25, -0.2) is 4.98 Å². The second-order valence-corrected chi connectivity index (χ2v) is 8.56. The van der Waals surface area contributed by atoms with E-state index < -0.39 is 0 Å². The number of nitrogens with one attached hydrogen (secondary N) is 2. The van der Waals surface area contributed by atoms with Gasteiger partial charge in [-0.2, -0.15) is 9.61 Å². The summed E-state index contributed by atoms with van der Waals surface area (Å²) in [5, 5.41) is 11.4. The van der Waals surface area contributed by atoms with Gasteiger partial charge in [-0.15, -0.1) is 0 Å². The second kappa shape index (κ2) is 10.1. The number of hydrogen-bond acceptors (Lipinski definition) is 4. The molecule has 1 aliphatic rings. The Hall–Kier alpha value is -2.64. The molecular formula is C23H23BrClN5O. The van der Waals surface area contributed by atoms with Crippen molar-refractivity contribution in [2.24, 2.45) is 0 Å². The lowest BCUT2D eigenvalue weighted by Gasteiger charge is -2.12. The van der Waals surface area contributed by atoms with E-state index in [1.807, 2.05) is 30.3 Å². The Morgan fingerprint density at radius 2 is 2.13 bits per heavy atom. The van der Waals surface area contributed by atoms with E-state index in [2.05, 4.69) is 49.9 Å². The lowest BCUT2D eigenvalue weighted by Crippen LogP contribution is -2.29. The molecule has 1 aliphatic carbocycles. The monoisotopic (exact) mass is 499 g/mol. The second-order valence-electron chi connectivity index (χ2n) is 7.30. The fourth-order valence-corrected chi connectivity index (χ4v) is 4.07. The van der Waals surface area contributed by atoms with Gasteiger partial charge in [0.2, 0.25) is 5.91 Å². The molecule has 0 atom stereocenters. The van der Waals surface area contributed by atoms with Crippen molar-refractivity contribution in [1.82, 2.24) is 19.9 Å². The Morgan fingerprint density at radius 3 is 2.94 bits per heavy atom. The van der Waals surface area contributed by atoms with Gasteiger partial charge in [-0.05, 0) is 41.3 Å². The van der Waals surface area contributed by atoms with Crippen LogP contribution in [-0.4, -0.2) is 33.6 Å². The van der Waals surface area contributed by atoms with Crippen molar-refractivity contribution in [3.8, 4) is 11.3 Å². The van der Waals surface area contributed by atoms with Gasteiger partial charge in [0.1, 0.15) is 5.82 Å². The first-order chi connectivity index (χ1) is 15.1. The average Bonchev–Trinajstić information content (AvgIpc) is 3.17. The zero-order valence-corrected chi connectivity index (χ0v) is 19.3. The van der Waals surface area contributed by atoms with Crippen LogP contribution in [0.2, 0.25) is 5.02 Å². The topological polar surface area (TPSA) is 71.3 Å². The highest BCUT2D eigenvalue weighted by Crippen LogP contribution is 2.30. The number of benzene rings is 1. The van der Waals surface area contributed by atoms with Gasteiger partial charge in [0.25, 0.3) is 0 Å². The molecule has 0 fully saturated rings. The summed E-state index contributed by atoms with van der Waals surface area (Å²) in [6.07, 6.45) is 11.5. The Morgan fingerprint density at radius 1 is 1.26 bits per heavy atom. The van der Waals surface area contributed by atoms with Crippen LogP contribution in [0.15, 0.2) is 64.8 Å². The standard InChI is InChI=1S/C23H23BrClN5O/c24-18-15-28-30-21(14-20(29-23(18)30)17-8-4-5-9-19(17)25)26-12-13-27-22(31)11-10-16-6-2-1-3-7-16/h1-2,4-6,8-9,14-15,26H,3,7,10-13H2,(H,27,31). The van der Waals surface area contributed by atoms with Crippen molar-refractivity contribution in [3.63, 3.8) is 0 Å². The Balaban J connectivity index is 1.39. The molecule has 2 heterocycles. The van der Waals surface area contributed by atoms with Crippen LogP contribution >= 0.6 is 27.5 Å². The predicted octanol–water partition coefficient (Wildman–Crippen LogP) is 5.40. The van der Waals surface area contributed by atoms with Crippen LogP contribution < -0.4 is 10.6 Å². The quantitative estimate of drug-likeness (QED) is 0.406. The molecule has 0 bridgehead atoms. The van der Waals surface area contributed by atoms with Crippen molar-refractivity contribution in [2.45, 2.75) is 25.7 Å². The number of fused-ring (bicyclic) bond motifs is 1. The van der Waals surface area contributed by atoms with E-state index in [4.69, 9.17) is 16.6 Å². The van der Waals surface area contributed by atoms with Crippen LogP contribution in [0, 0.1) is 0 Å². The highest BCUT2D eigenvalue weighted by molar-refractivity contribution is 9.10. The van der Waals surface area contributed by atoms with Crippen LogP contribution in [0.25, 0.3) is 16.9 Å². The molecular weight excluding hydrogens is 478 g/mol. The van der Waals surface area contributed by atoms with Crippen molar-refractivity contribution in [1.29, 1.82) is 0 Å². The van der Waals surface area contributed by atoms with Gasteiger partial charge in [0, 0.05) is 36.2 Å². The molecule has 1 aromatic carbocycles. The first-order valence-electron chi connectivity index (χ1n) is 10.3. The van der Waals surface area contributed by atoms with E-state index in [1.54, 1.807) is 10.7 Å². The van der Waals surface area contributed by atoms with Gasteiger partial charge >= 0.3 is 0 Å². The molecule has 31 heavy (non-hydrogen) atoms. The molecule has 0 unspecified atom stereocenters. The number of rotatable bonds is 8. The van der Waals surface area contributed by atoms with Crippen molar-refractivity contribution in [3.05, 3.63) is 69.8 Å². The summed E-state index contributed by atoms with van der Waals surface area (Å²) in [7, 11) is 0. The average molecular weight is 501 g/mol. The summed E-state index contributed by atoms with van der Waals surface area (Å²) in [5.74, 6) is 0.842. The van der Waals surface area contributed by atoms with Crippen molar-refractivity contribution < 1.29 is 4.79 Å². The molecule has 6 nitrogen and oxygen atoms in total. The SMILES string of the molecule is O=C(CCC1=CC=CCC1)NCCNc1cc(-c2ccccc2Cl)nc2c(Br)cnn12. The predicted molar refractivity (Wildman–Crippen MR) is 128 cm³/mol. The lowest BCUT2D eigenvalue weighted by atomic mass is 10.0. The van der Waals surface area contributed by atoms with Crippen molar-refractivity contribution in [2.75, 3.05) is 18.4 Å². The molecule has 0 saturated carbocycles. The summed E-state index contributed by atoms with van der Waals surface area (Å²) in [5.41, 5.74) is 3.63. The summed E-state index contributed by atoms with van der Waals surface area (Å²) in [6.45, 7) is 1.08. The number of amides is 1. The first kappa shape index (κ1) is 21.6. The zero-order valence-electron chi connectivity index (χ0n) is 16.9. The minimum absolute atomic E-state index is 0.0655. The Bertz CT molecular complexity index is 1150. The third-order valence-electron chi connectivity index (χ3n) is 5.11. The minimum Gasteiger partial charge on any atom is -0.368 e. The lowest BCUT2D eigenvalue weighted by molar-refractivity contribution is -0.120. The maximum absolute atomic E-state index is 12.2. The van der Waals surface area contributed by atoms with E-state index in [0.717, 1.165) is 40.8 Å². The maximum atomic E-state index is 12.2. The third kappa shape index (κ3) is 5.35. The highest BCUT2D eigenvalue weighted by Gasteiger charge is 2.13. The minimum atomic E-state index is 0.0655. The molecule has 0 radical (unpaired) electrons. The molecule has 2 N–H and O–H groups in total. The van der Waals surface area contributed by atoms with E-state index in [0.29, 0.717) is 30.2 Å². The third-order valence-corrected chi connectivity index (χ3v) is 5.99.